The summed E-state index contributed by atoms with van der Waals surface area (Å²) in [6.45, 7) is 1.66. The molecular weight excluding hydrogens is 1110 g/mol. The molecule has 19 nitrogen and oxygen atoms in total. The molecule has 19 heteroatoms. The molecule has 3 rings (SSSR count). The Balaban J connectivity index is 1.43. The lowest BCUT2D eigenvalue weighted by atomic mass is 9.96. The minimum Gasteiger partial charge on any atom is -0.394 e. The lowest BCUT2D eigenvalue weighted by Gasteiger charge is -2.48. The SMILES string of the molecule is CCCCCC/C=C/CC/C=C/CC/C=C/C(O)C(COC1OC(CO)C(OC2OC(CO)C(OC3OC(CO)C(O)C(O)C3O)C(O)C2O)C(O)C1O)NC(=O)CCCCCCCCCCCCCCCCC/C=C\C/C=C\CCCCCCC. The Labute approximate surface area is 515 Å². The van der Waals surface area contributed by atoms with Gasteiger partial charge in [0, 0.05) is 6.42 Å². The number of rotatable bonds is 50. The number of allylic oxidation sites excluding steroid dienone is 9. The van der Waals surface area contributed by atoms with Crippen molar-refractivity contribution >= 4 is 5.91 Å². The Morgan fingerprint density at radius 1 is 0.419 bits per heavy atom. The summed E-state index contributed by atoms with van der Waals surface area (Å²) in [5.74, 6) is -0.291. The summed E-state index contributed by atoms with van der Waals surface area (Å²) in [6.07, 6.45) is 32.1. The maximum absolute atomic E-state index is 13.4. The molecule has 17 unspecified atom stereocenters. The fourth-order valence-electron chi connectivity index (χ4n) is 11.0. The molecule has 17 atom stereocenters. The minimum absolute atomic E-state index is 0.231. The fraction of sp³-hybridized carbons (Fsp3) is 0.836. The summed E-state index contributed by atoms with van der Waals surface area (Å²) < 4.78 is 34.3. The predicted octanol–water partition coefficient (Wildman–Crippen LogP) is 7.99. The highest BCUT2D eigenvalue weighted by atomic mass is 16.8. The van der Waals surface area contributed by atoms with Gasteiger partial charge in [0.1, 0.15) is 73.2 Å². The van der Waals surface area contributed by atoms with Crippen LogP contribution >= 0.6 is 0 Å². The van der Waals surface area contributed by atoms with Gasteiger partial charge in [-0.25, -0.2) is 0 Å². The Morgan fingerprint density at radius 2 is 0.779 bits per heavy atom. The predicted molar refractivity (Wildman–Crippen MR) is 332 cm³/mol. The largest absolute Gasteiger partial charge is 0.394 e. The monoisotopic (exact) mass is 1230 g/mol. The number of aliphatic hydroxyl groups excluding tert-OH is 11. The summed E-state index contributed by atoms with van der Waals surface area (Å²) in [6, 6.07) is -0.997. The Bertz CT molecular complexity index is 1800. The van der Waals surface area contributed by atoms with E-state index in [-0.39, 0.29) is 18.9 Å². The molecule has 0 saturated carbocycles. The van der Waals surface area contributed by atoms with Crippen LogP contribution in [0, 0.1) is 0 Å². The highest BCUT2D eigenvalue weighted by Gasteiger charge is 2.53. The van der Waals surface area contributed by atoms with Crippen molar-refractivity contribution in [1.82, 2.24) is 5.32 Å². The van der Waals surface area contributed by atoms with E-state index in [1.807, 2.05) is 6.08 Å². The van der Waals surface area contributed by atoms with Crippen LogP contribution in [-0.4, -0.2) is 193 Å². The van der Waals surface area contributed by atoms with Crippen LogP contribution in [0.5, 0.6) is 0 Å². The second-order valence-corrected chi connectivity index (χ2v) is 23.9. The number of aliphatic hydroxyl groups is 11. The van der Waals surface area contributed by atoms with E-state index in [0.717, 1.165) is 51.4 Å². The topological polar surface area (TPSA) is 307 Å². The second-order valence-electron chi connectivity index (χ2n) is 23.9. The zero-order chi connectivity index (χ0) is 62.6. The first-order valence-electron chi connectivity index (χ1n) is 33.5. The van der Waals surface area contributed by atoms with E-state index in [2.05, 4.69) is 67.8 Å². The quantitative estimate of drug-likeness (QED) is 0.0203. The van der Waals surface area contributed by atoms with Crippen molar-refractivity contribution in [3.8, 4) is 0 Å². The molecule has 500 valence electrons. The van der Waals surface area contributed by atoms with Crippen LogP contribution in [-0.2, 0) is 33.2 Å². The van der Waals surface area contributed by atoms with Gasteiger partial charge in [0.2, 0.25) is 5.91 Å². The van der Waals surface area contributed by atoms with Crippen LogP contribution in [0.25, 0.3) is 0 Å². The van der Waals surface area contributed by atoms with Crippen molar-refractivity contribution in [3.05, 3.63) is 60.8 Å². The van der Waals surface area contributed by atoms with Crippen LogP contribution in [0.1, 0.15) is 226 Å². The van der Waals surface area contributed by atoms with Gasteiger partial charge in [-0.05, 0) is 77.0 Å². The zero-order valence-corrected chi connectivity index (χ0v) is 52.5. The number of ether oxygens (including phenoxy) is 6. The third-order valence-corrected chi connectivity index (χ3v) is 16.5. The van der Waals surface area contributed by atoms with Crippen molar-refractivity contribution in [2.24, 2.45) is 0 Å². The zero-order valence-electron chi connectivity index (χ0n) is 52.5. The molecule has 0 aromatic rings. The second kappa shape index (κ2) is 49.2. The number of nitrogens with one attached hydrogen (secondary N) is 1. The maximum Gasteiger partial charge on any atom is 0.220 e. The van der Waals surface area contributed by atoms with Gasteiger partial charge < -0.3 is 89.9 Å². The van der Waals surface area contributed by atoms with Crippen LogP contribution in [0.3, 0.4) is 0 Å². The average molecular weight is 1230 g/mol. The molecule has 86 heavy (non-hydrogen) atoms. The molecule has 3 fully saturated rings. The van der Waals surface area contributed by atoms with Crippen molar-refractivity contribution in [2.45, 2.75) is 330 Å². The molecule has 0 aliphatic carbocycles. The van der Waals surface area contributed by atoms with Crippen LogP contribution in [0.4, 0.5) is 0 Å². The van der Waals surface area contributed by atoms with Crippen molar-refractivity contribution in [2.75, 3.05) is 26.4 Å². The summed E-state index contributed by atoms with van der Waals surface area (Å²) in [7, 11) is 0. The molecule has 12 N–H and O–H groups in total. The smallest absolute Gasteiger partial charge is 0.220 e. The lowest BCUT2D eigenvalue weighted by molar-refractivity contribution is -0.379. The first-order chi connectivity index (χ1) is 41.8. The molecule has 3 heterocycles. The summed E-state index contributed by atoms with van der Waals surface area (Å²) >= 11 is 0. The Morgan fingerprint density at radius 3 is 1.24 bits per heavy atom. The molecule has 1 amide bonds. The van der Waals surface area contributed by atoms with Gasteiger partial charge in [-0.15, -0.1) is 0 Å². The van der Waals surface area contributed by atoms with E-state index in [9.17, 15) is 61.0 Å². The Hall–Kier alpha value is -2.51. The molecule has 3 aliphatic rings. The van der Waals surface area contributed by atoms with Gasteiger partial charge in [-0.1, -0.05) is 203 Å². The summed E-state index contributed by atoms with van der Waals surface area (Å²) in [5.41, 5.74) is 0. The van der Waals surface area contributed by atoms with E-state index < -0.39 is 124 Å². The van der Waals surface area contributed by atoms with E-state index >= 15 is 0 Å². The van der Waals surface area contributed by atoms with E-state index in [1.54, 1.807) is 6.08 Å². The van der Waals surface area contributed by atoms with Crippen LogP contribution < -0.4 is 5.32 Å². The molecule has 3 aliphatic heterocycles. The standard InChI is InChI=1S/C67H119NO18/c1-3-5-7-9-11-13-15-17-19-20-21-22-23-24-25-26-27-28-29-30-31-33-35-37-39-41-43-45-55(73)68-50(51(72)44-42-40-38-36-34-32-18-16-14-12-10-8-6-4-2)49-81-65-61(79)58(76)63(53(47-70)83-65)86-67-62(80)59(77)64(54(48-71)84-67)85-66-60(78)57(75)56(74)52(46-69)82-66/h14-17,20-21,34,36,42,44,50-54,56-67,69-72,74-80H,3-13,18-19,22-33,35,37-41,43,45-49H2,1-2H3,(H,68,73)/b16-14+,17-15-,21-20-,36-34+,44-42+. The molecule has 0 aromatic heterocycles. The fourth-order valence-corrected chi connectivity index (χ4v) is 11.0. The van der Waals surface area contributed by atoms with Gasteiger partial charge in [-0.3, -0.25) is 4.79 Å². The van der Waals surface area contributed by atoms with Crippen LogP contribution in [0.15, 0.2) is 60.8 Å². The van der Waals surface area contributed by atoms with Crippen molar-refractivity contribution < 1.29 is 89.4 Å². The molecule has 0 spiro atoms. The van der Waals surface area contributed by atoms with Crippen molar-refractivity contribution in [3.63, 3.8) is 0 Å². The normalized spacial score (nSPS) is 29.2. The molecule has 0 bridgehead atoms. The van der Waals surface area contributed by atoms with Gasteiger partial charge in [0.05, 0.1) is 38.6 Å². The highest BCUT2D eigenvalue weighted by Crippen LogP contribution is 2.33. The van der Waals surface area contributed by atoms with Gasteiger partial charge >= 0.3 is 0 Å². The van der Waals surface area contributed by atoms with Crippen LogP contribution in [0.2, 0.25) is 0 Å². The lowest BCUT2D eigenvalue weighted by Crippen LogP contribution is -2.66. The number of hydrogen-bond donors (Lipinski definition) is 12. The summed E-state index contributed by atoms with van der Waals surface area (Å²) in [4.78, 5) is 13.4. The first-order valence-corrected chi connectivity index (χ1v) is 33.5. The van der Waals surface area contributed by atoms with Gasteiger partial charge in [0.15, 0.2) is 18.9 Å². The van der Waals surface area contributed by atoms with E-state index in [4.69, 9.17) is 28.4 Å². The van der Waals surface area contributed by atoms with E-state index in [1.165, 1.54) is 141 Å². The highest BCUT2D eigenvalue weighted by molar-refractivity contribution is 5.76. The average Bonchev–Trinajstić information content (AvgIpc) is 2.54. The molecule has 0 aromatic carbocycles. The molecular formula is C67H119NO18. The summed E-state index contributed by atoms with van der Waals surface area (Å²) in [5, 5.41) is 120. The maximum atomic E-state index is 13.4. The van der Waals surface area contributed by atoms with Crippen molar-refractivity contribution in [1.29, 1.82) is 0 Å². The first kappa shape index (κ1) is 77.7. The number of amides is 1. The number of carbonyl (C=O) groups is 1. The number of carbonyl (C=O) groups excluding carboxylic acids is 1. The number of unbranched alkanes of at least 4 members (excludes halogenated alkanes) is 26. The number of hydrogen-bond acceptors (Lipinski definition) is 18. The minimum atomic E-state index is -1.98. The van der Waals surface area contributed by atoms with Gasteiger partial charge in [-0.2, -0.15) is 0 Å². The molecule has 3 saturated heterocycles. The third-order valence-electron chi connectivity index (χ3n) is 16.5. The molecule has 0 radical (unpaired) electrons. The van der Waals surface area contributed by atoms with Gasteiger partial charge in [0.25, 0.3) is 0 Å². The Kier molecular flexibility index (Phi) is 44.5. The third kappa shape index (κ3) is 31.5. The van der Waals surface area contributed by atoms with E-state index in [0.29, 0.717) is 12.8 Å².